The van der Waals surface area contributed by atoms with Gasteiger partial charge >= 0.3 is 0 Å². The fourth-order valence-corrected chi connectivity index (χ4v) is 3.07. The van der Waals surface area contributed by atoms with Crippen molar-refractivity contribution < 1.29 is 9.59 Å². The van der Waals surface area contributed by atoms with Gasteiger partial charge in [-0.25, -0.2) is 0 Å². The number of hydrazone groups is 1. The molecule has 0 spiro atoms. The van der Waals surface area contributed by atoms with Crippen molar-refractivity contribution in [2.45, 2.75) is 52.9 Å². The minimum absolute atomic E-state index is 0.0354. The van der Waals surface area contributed by atoms with Crippen LogP contribution in [0.5, 0.6) is 0 Å². The van der Waals surface area contributed by atoms with E-state index < -0.39 is 5.92 Å². The summed E-state index contributed by atoms with van der Waals surface area (Å²) >= 11 is 0. The van der Waals surface area contributed by atoms with Crippen molar-refractivity contribution in [1.82, 2.24) is 0 Å². The lowest BCUT2D eigenvalue weighted by Gasteiger charge is -2.18. The normalized spacial score (nSPS) is 18.9. The summed E-state index contributed by atoms with van der Waals surface area (Å²) in [6.07, 6.45) is 4.96. The van der Waals surface area contributed by atoms with Crippen LogP contribution in [0, 0.1) is 11.8 Å². The second-order valence-corrected chi connectivity index (χ2v) is 6.16. The lowest BCUT2D eigenvalue weighted by atomic mass is 9.85. The molecule has 0 radical (unpaired) electrons. The number of para-hydroxylation sites is 1. The molecular weight excluding hydrogens is 288 g/mol. The Bertz CT molecular complexity index is 580. The smallest absolute Gasteiger partial charge is 0.263 e. The van der Waals surface area contributed by atoms with E-state index in [4.69, 9.17) is 0 Å². The number of benzene rings is 1. The van der Waals surface area contributed by atoms with Crippen molar-refractivity contribution in [3.05, 3.63) is 30.3 Å². The largest absolute Gasteiger partial charge is 0.298 e. The number of rotatable bonds is 8. The Balaban J connectivity index is 2.12. The van der Waals surface area contributed by atoms with Crippen molar-refractivity contribution in [2.75, 3.05) is 5.01 Å². The number of nitrogens with zero attached hydrogens (tertiary/aromatic N) is 2. The number of unbranched alkanes of at least 4 members (excludes halogenated alkanes) is 2. The fourth-order valence-electron chi connectivity index (χ4n) is 3.07. The standard InChI is InChI=1S/C19H26N2O2/c1-4-6-8-11-15(5-2)18(22)17-14(3)20-21(19(17)23)16-12-9-7-10-13-16/h7,9-10,12-13,15,17H,4-6,8,11H2,1-3H3/t15-,17+/m0/s1. The van der Waals surface area contributed by atoms with E-state index in [1.165, 1.54) is 5.01 Å². The van der Waals surface area contributed by atoms with Crippen LogP contribution in [0.25, 0.3) is 0 Å². The van der Waals surface area contributed by atoms with Gasteiger partial charge in [0.15, 0.2) is 5.78 Å². The maximum atomic E-state index is 12.8. The molecule has 0 N–H and O–H groups in total. The van der Waals surface area contributed by atoms with E-state index in [0.717, 1.165) is 32.1 Å². The van der Waals surface area contributed by atoms with Crippen molar-refractivity contribution in [3.63, 3.8) is 0 Å². The predicted molar refractivity (Wildman–Crippen MR) is 93.5 cm³/mol. The van der Waals surface area contributed by atoms with Crippen LogP contribution in [-0.4, -0.2) is 17.4 Å². The predicted octanol–water partition coefficient (Wildman–Crippen LogP) is 4.20. The van der Waals surface area contributed by atoms with E-state index in [1.54, 1.807) is 6.92 Å². The Labute approximate surface area is 138 Å². The number of hydrogen-bond acceptors (Lipinski definition) is 3. The fraction of sp³-hybridized carbons (Fsp3) is 0.526. The Morgan fingerprint density at radius 1 is 1.22 bits per heavy atom. The molecule has 4 heteroatoms. The highest BCUT2D eigenvalue weighted by Gasteiger charge is 2.41. The topological polar surface area (TPSA) is 49.7 Å². The molecule has 0 fully saturated rings. The Hall–Kier alpha value is -1.97. The SMILES string of the molecule is CCCCC[C@H](CC)C(=O)[C@@H]1C(=O)N(c2ccccc2)N=C1C. The lowest BCUT2D eigenvalue weighted by Crippen LogP contribution is -2.36. The Morgan fingerprint density at radius 2 is 1.91 bits per heavy atom. The Kier molecular flexibility index (Phi) is 6.08. The summed E-state index contributed by atoms with van der Waals surface area (Å²) in [5.74, 6) is -0.931. The summed E-state index contributed by atoms with van der Waals surface area (Å²) in [5.41, 5.74) is 1.32. The Morgan fingerprint density at radius 3 is 2.52 bits per heavy atom. The molecular formula is C19H26N2O2. The molecule has 124 valence electrons. The highest BCUT2D eigenvalue weighted by atomic mass is 16.2. The van der Waals surface area contributed by atoms with E-state index in [9.17, 15) is 9.59 Å². The minimum atomic E-state index is -0.707. The zero-order valence-corrected chi connectivity index (χ0v) is 14.3. The highest BCUT2D eigenvalue weighted by molar-refractivity contribution is 6.27. The number of ketones is 1. The first-order chi connectivity index (χ1) is 11.1. The maximum Gasteiger partial charge on any atom is 0.263 e. The van der Waals surface area contributed by atoms with Crippen molar-refractivity contribution in [2.24, 2.45) is 16.9 Å². The summed E-state index contributed by atoms with van der Waals surface area (Å²) in [6, 6.07) is 9.29. The lowest BCUT2D eigenvalue weighted by molar-refractivity contribution is -0.131. The second kappa shape index (κ2) is 8.04. The number of carbonyl (C=O) groups is 2. The maximum absolute atomic E-state index is 12.8. The van der Waals surface area contributed by atoms with Gasteiger partial charge in [0.1, 0.15) is 5.92 Å². The molecule has 0 saturated carbocycles. The van der Waals surface area contributed by atoms with Gasteiger partial charge in [-0.15, -0.1) is 0 Å². The molecule has 1 heterocycles. The summed E-state index contributed by atoms with van der Waals surface area (Å²) < 4.78 is 0. The van der Waals surface area contributed by atoms with E-state index in [2.05, 4.69) is 12.0 Å². The van der Waals surface area contributed by atoms with Crippen molar-refractivity contribution in [3.8, 4) is 0 Å². The number of amides is 1. The average molecular weight is 314 g/mol. The van der Waals surface area contributed by atoms with Crippen molar-refractivity contribution in [1.29, 1.82) is 0 Å². The molecule has 1 aliphatic heterocycles. The van der Waals surface area contributed by atoms with Crippen LogP contribution in [0.1, 0.15) is 52.9 Å². The summed E-state index contributed by atoms with van der Waals surface area (Å²) in [6.45, 7) is 5.95. The molecule has 4 nitrogen and oxygen atoms in total. The van der Waals surface area contributed by atoms with Gasteiger partial charge in [0, 0.05) is 5.92 Å². The first-order valence-electron chi connectivity index (χ1n) is 8.58. The molecule has 0 saturated heterocycles. The first kappa shape index (κ1) is 17.4. The molecule has 0 aromatic heterocycles. The number of carbonyl (C=O) groups excluding carboxylic acids is 2. The number of Topliss-reactive ketones (excluding diaryl/α,β-unsaturated/α-hetero) is 1. The van der Waals surface area contributed by atoms with Gasteiger partial charge in [-0.1, -0.05) is 51.3 Å². The van der Waals surface area contributed by atoms with Gasteiger partial charge in [-0.3, -0.25) is 9.59 Å². The molecule has 1 amide bonds. The van der Waals surface area contributed by atoms with Crippen LogP contribution < -0.4 is 5.01 Å². The van der Waals surface area contributed by atoms with Gasteiger partial charge in [-0.05, 0) is 31.9 Å². The van der Waals surface area contributed by atoms with E-state index in [1.807, 2.05) is 37.3 Å². The molecule has 2 atom stereocenters. The van der Waals surface area contributed by atoms with E-state index >= 15 is 0 Å². The third kappa shape index (κ3) is 3.87. The molecule has 1 aromatic carbocycles. The average Bonchev–Trinajstić information content (AvgIpc) is 2.86. The van der Waals surface area contributed by atoms with Gasteiger partial charge in [-0.2, -0.15) is 10.1 Å². The zero-order chi connectivity index (χ0) is 16.8. The molecule has 1 aliphatic rings. The van der Waals surface area contributed by atoms with Crippen LogP contribution in [-0.2, 0) is 9.59 Å². The van der Waals surface area contributed by atoms with Gasteiger partial charge in [0.2, 0.25) is 0 Å². The van der Waals surface area contributed by atoms with Crippen LogP contribution in [0.15, 0.2) is 35.4 Å². The first-order valence-corrected chi connectivity index (χ1v) is 8.58. The summed E-state index contributed by atoms with van der Waals surface area (Å²) in [7, 11) is 0. The third-order valence-electron chi connectivity index (χ3n) is 4.47. The van der Waals surface area contributed by atoms with Crippen LogP contribution in [0.3, 0.4) is 0 Å². The molecule has 0 bridgehead atoms. The van der Waals surface area contributed by atoms with Crippen LogP contribution in [0.4, 0.5) is 5.69 Å². The zero-order valence-electron chi connectivity index (χ0n) is 14.3. The number of hydrogen-bond donors (Lipinski definition) is 0. The minimum Gasteiger partial charge on any atom is -0.298 e. The molecule has 23 heavy (non-hydrogen) atoms. The molecule has 1 aromatic rings. The summed E-state index contributed by atoms with van der Waals surface area (Å²) in [4.78, 5) is 25.5. The van der Waals surface area contributed by atoms with E-state index in [0.29, 0.717) is 11.4 Å². The quantitative estimate of drug-likeness (QED) is 0.533. The number of anilines is 1. The van der Waals surface area contributed by atoms with Gasteiger partial charge < -0.3 is 0 Å². The summed E-state index contributed by atoms with van der Waals surface area (Å²) in [5, 5.41) is 5.71. The van der Waals surface area contributed by atoms with Crippen molar-refractivity contribution >= 4 is 23.1 Å². The third-order valence-corrected chi connectivity index (χ3v) is 4.47. The van der Waals surface area contributed by atoms with Gasteiger partial charge in [0.05, 0.1) is 11.4 Å². The second-order valence-electron chi connectivity index (χ2n) is 6.16. The van der Waals surface area contributed by atoms with Crippen LogP contribution >= 0.6 is 0 Å². The van der Waals surface area contributed by atoms with Gasteiger partial charge in [0.25, 0.3) is 5.91 Å². The monoisotopic (exact) mass is 314 g/mol. The highest BCUT2D eigenvalue weighted by Crippen LogP contribution is 2.28. The molecule has 0 aliphatic carbocycles. The van der Waals surface area contributed by atoms with E-state index in [-0.39, 0.29) is 17.6 Å². The molecule has 0 unspecified atom stereocenters. The molecule has 2 rings (SSSR count). The van der Waals surface area contributed by atoms with Crippen LogP contribution in [0.2, 0.25) is 0 Å².